The molecule has 3 rings (SSSR count). The summed E-state index contributed by atoms with van der Waals surface area (Å²) in [5.74, 6) is -0.707. The van der Waals surface area contributed by atoms with E-state index in [1.54, 1.807) is 0 Å². The Kier molecular flexibility index (Phi) is 7.05. The number of allylic oxidation sites excluding steroid dienone is 1. The van der Waals surface area contributed by atoms with Gasteiger partial charge < -0.3 is 39.7 Å². The summed E-state index contributed by atoms with van der Waals surface area (Å²) in [5.41, 5.74) is 0. The van der Waals surface area contributed by atoms with Gasteiger partial charge in [0.2, 0.25) is 5.91 Å². The van der Waals surface area contributed by atoms with Crippen LogP contribution in [-0.4, -0.2) is 104 Å². The molecular weight excluding hydrogens is 497 g/mol. The SMILES string of the molecule is O=C1CC(=O)N([C@H]2C[C@@H](O)[C@@H](CO[C@@H]3O[C@H](CO)[C@@H](O)[C@H](O)[C@H]3O)O2)C=C1[131I]. The molecular formula is C16H22INO10. The Labute approximate surface area is 173 Å². The van der Waals surface area contributed by atoms with E-state index in [9.17, 15) is 35.1 Å². The van der Waals surface area contributed by atoms with Gasteiger partial charge in [-0.2, -0.15) is 0 Å². The minimum Gasteiger partial charge on any atom is -0.394 e. The number of aliphatic hydroxyl groups excluding tert-OH is 5. The molecule has 0 aromatic carbocycles. The van der Waals surface area contributed by atoms with Crippen molar-refractivity contribution in [3.8, 4) is 0 Å². The number of hydrogen-bond acceptors (Lipinski definition) is 10. The summed E-state index contributed by atoms with van der Waals surface area (Å²) in [4.78, 5) is 24.9. The Morgan fingerprint density at radius 1 is 1.11 bits per heavy atom. The second kappa shape index (κ2) is 8.97. The maximum absolute atomic E-state index is 12.1. The van der Waals surface area contributed by atoms with Crippen LogP contribution in [0.2, 0.25) is 0 Å². The average Bonchev–Trinajstić information content (AvgIpc) is 3.02. The third-order valence-electron chi connectivity index (χ3n) is 4.91. The fraction of sp³-hybridized carbons (Fsp3) is 0.750. The lowest BCUT2D eigenvalue weighted by Gasteiger charge is -2.39. The van der Waals surface area contributed by atoms with Gasteiger partial charge in [0, 0.05) is 12.6 Å². The van der Waals surface area contributed by atoms with Crippen molar-refractivity contribution < 1.29 is 49.3 Å². The monoisotopic (exact) mass is 519 g/mol. The van der Waals surface area contributed by atoms with Gasteiger partial charge in [-0.1, -0.05) is 0 Å². The summed E-state index contributed by atoms with van der Waals surface area (Å²) in [6.07, 6.45) is -8.49. The van der Waals surface area contributed by atoms with Crippen molar-refractivity contribution in [2.45, 2.75) is 62.0 Å². The van der Waals surface area contributed by atoms with Crippen LogP contribution in [0, 0.1) is 0 Å². The van der Waals surface area contributed by atoms with Gasteiger partial charge in [0.05, 0.1) is 29.3 Å². The molecule has 12 heteroatoms. The lowest BCUT2D eigenvalue weighted by Crippen LogP contribution is -2.59. The highest BCUT2D eigenvalue weighted by atomic mass is 131. The minimum absolute atomic E-state index is 0.100. The predicted octanol–water partition coefficient (Wildman–Crippen LogP) is -2.64. The molecule has 158 valence electrons. The lowest BCUT2D eigenvalue weighted by molar-refractivity contribution is -0.306. The van der Waals surface area contributed by atoms with E-state index < -0.39 is 61.7 Å². The van der Waals surface area contributed by atoms with E-state index in [2.05, 4.69) is 0 Å². The van der Waals surface area contributed by atoms with E-state index in [1.807, 2.05) is 22.6 Å². The normalized spacial score (nSPS) is 42.1. The molecule has 2 saturated heterocycles. The van der Waals surface area contributed by atoms with Crippen LogP contribution in [0.3, 0.4) is 0 Å². The van der Waals surface area contributed by atoms with E-state index >= 15 is 0 Å². The van der Waals surface area contributed by atoms with Crippen LogP contribution in [-0.2, 0) is 23.8 Å². The van der Waals surface area contributed by atoms with Crippen LogP contribution in [0.15, 0.2) is 9.78 Å². The van der Waals surface area contributed by atoms with E-state index in [0.29, 0.717) is 3.58 Å². The Morgan fingerprint density at radius 2 is 1.82 bits per heavy atom. The van der Waals surface area contributed by atoms with Gasteiger partial charge in [0.1, 0.15) is 36.7 Å². The Hall–Kier alpha value is -0.710. The number of halogens is 1. The van der Waals surface area contributed by atoms with Crippen LogP contribution in [0.4, 0.5) is 0 Å². The molecule has 0 aromatic heterocycles. The first kappa shape index (κ1) is 22.0. The van der Waals surface area contributed by atoms with Gasteiger partial charge in [-0.15, -0.1) is 0 Å². The first-order valence-electron chi connectivity index (χ1n) is 8.70. The fourth-order valence-corrected chi connectivity index (χ4v) is 3.74. The molecule has 28 heavy (non-hydrogen) atoms. The zero-order valence-electron chi connectivity index (χ0n) is 14.6. The highest BCUT2D eigenvalue weighted by Crippen LogP contribution is 2.29. The van der Waals surface area contributed by atoms with Crippen molar-refractivity contribution in [3.05, 3.63) is 9.78 Å². The van der Waals surface area contributed by atoms with E-state index in [1.165, 1.54) is 11.1 Å². The molecule has 5 N–H and O–H groups in total. The number of nitrogens with zero attached hydrogens (tertiary/aromatic N) is 1. The van der Waals surface area contributed by atoms with Gasteiger partial charge in [0.25, 0.3) is 0 Å². The molecule has 3 heterocycles. The number of aliphatic hydroxyl groups is 5. The molecule has 0 unspecified atom stereocenters. The van der Waals surface area contributed by atoms with Gasteiger partial charge >= 0.3 is 0 Å². The smallest absolute Gasteiger partial charge is 0.236 e. The topological polar surface area (TPSA) is 166 Å². The summed E-state index contributed by atoms with van der Waals surface area (Å²) in [7, 11) is 0. The molecule has 0 bridgehead atoms. The number of carbonyl (C=O) groups is 2. The minimum atomic E-state index is -1.58. The number of ether oxygens (including phenoxy) is 3. The second-order valence-electron chi connectivity index (χ2n) is 6.84. The Morgan fingerprint density at radius 3 is 2.50 bits per heavy atom. The quantitative estimate of drug-likeness (QED) is 0.191. The maximum atomic E-state index is 12.1. The lowest BCUT2D eigenvalue weighted by atomic mass is 9.99. The van der Waals surface area contributed by atoms with Crippen LogP contribution < -0.4 is 0 Å². The number of carbonyl (C=O) groups excluding carboxylic acids is 2. The standard InChI is InChI=1S/C16H22INO10/c17-6-3-18(11(22)1-7(6)20)12-2-8(21)10(27-12)5-26-16-15(25)14(24)13(23)9(4-19)28-16/h3,8-10,12-16,19,21,23-25H,1-2,4-5H2/t8-,9-,10-,12-,13-,14+,15-,16-/m1/s1/i17+4. The molecule has 0 radical (unpaired) electrons. The van der Waals surface area contributed by atoms with Crippen LogP contribution in [0.5, 0.6) is 0 Å². The molecule has 0 saturated carbocycles. The van der Waals surface area contributed by atoms with E-state index in [-0.39, 0.29) is 25.2 Å². The predicted molar refractivity (Wildman–Crippen MR) is 97.6 cm³/mol. The van der Waals surface area contributed by atoms with E-state index in [4.69, 9.17) is 14.2 Å². The van der Waals surface area contributed by atoms with Gasteiger partial charge in [-0.3, -0.25) is 14.5 Å². The Balaban J connectivity index is 1.58. The van der Waals surface area contributed by atoms with Crippen LogP contribution >= 0.6 is 22.6 Å². The van der Waals surface area contributed by atoms with Crippen LogP contribution in [0.1, 0.15) is 12.8 Å². The number of amides is 1. The van der Waals surface area contributed by atoms with Crippen molar-refractivity contribution in [3.63, 3.8) is 0 Å². The summed E-state index contributed by atoms with van der Waals surface area (Å²) < 4.78 is 16.7. The third kappa shape index (κ3) is 4.39. The molecule has 0 spiro atoms. The first-order valence-corrected chi connectivity index (χ1v) is 9.78. The largest absolute Gasteiger partial charge is 0.394 e. The van der Waals surface area contributed by atoms with E-state index in [0.717, 1.165) is 0 Å². The molecule has 2 fully saturated rings. The molecule has 8 atom stereocenters. The van der Waals surface area contributed by atoms with Crippen molar-refractivity contribution in [1.82, 2.24) is 4.90 Å². The van der Waals surface area contributed by atoms with Crippen molar-refractivity contribution >= 4 is 34.3 Å². The molecule has 1 amide bonds. The zero-order chi connectivity index (χ0) is 20.6. The average molecular weight is 519 g/mol. The summed E-state index contributed by atoms with van der Waals surface area (Å²) in [5, 5.41) is 48.9. The molecule has 3 aliphatic rings. The third-order valence-corrected chi connectivity index (χ3v) is 5.79. The molecule has 0 aromatic rings. The molecule has 0 aliphatic carbocycles. The maximum Gasteiger partial charge on any atom is 0.236 e. The molecule has 3 aliphatic heterocycles. The second-order valence-corrected chi connectivity index (χ2v) is 8.00. The van der Waals surface area contributed by atoms with Crippen LogP contribution in [0.25, 0.3) is 0 Å². The van der Waals surface area contributed by atoms with Gasteiger partial charge in [-0.05, 0) is 22.6 Å². The first-order chi connectivity index (χ1) is 13.2. The highest BCUT2D eigenvalue weighted by molar-refractivity contribution is 14.1. The summed E-state index contributed by atoms with van der Waals surface area (Å²) in [6, 6.07) is 0. The van der Waals surface area contributed by atoms with Gasteiger partial charge in [0.15, 0.2) is 12.1 Å². The van der Waals surface area contributed by atoms with Gasteiger partial charge in [-0.25, -0.2) is 0 Å². The zero-order valence-corrected chi connectivity index (χ0v) is 16.8. The summed E-state index contributed by atoms with van der Waals surface area (Å²) >= 11 is 1.83. The number of ketones is 1. The van der Waals surface area contributed by atoms with Crippen molar-refractivity contribution in [2.24, 2.45) is 0 Å². The van der Waals surface area contributed by atoms with Crippen molar-refractivity contribution in [2.75, 3.05) is 13.2 Å². The number of rotatable bonds is 5. The Bertz CT molecular complexity index is 643. The number of hydrogen-bond donors (Lipinski definition) is 5. The fourth-order valence-electron chi connectivity index (χ4n) is 3.25. The van der Waals surface area contributed by atoms with Crippen molar-refractivity contribution in [1.29, 1.82) is 0 Å². The number of Topliss-reactive ketones (excluding diaryl/α,β-unsaturated/α-hetero) is 1. The molecule has 11 nitrogen and oxygen atoms in total. The summed E-state index contributed by atoms with van der Waals surface area (Å²) in [6.45, 7) is -0.821. The highest BCUT2D eigenvalue weighted by Gasteiger charge is 2.45.